The Hall–Kier alpha value is -2.51. The first-order chi connectivity index (χ1) is 15.0. The fourth-order valence-electron chi connectivity index (χ4n) is 3.75. The molecule has 0 radical (unpaired) electrons. The first-order valence-electron chi connectivity index (χ1n) is 10.3. The molecule has 162 valence electrons. The predicted octanol–water partition coefficient (Wildman–Crippen LogP) is 4.95. The van der Waals surface area contributed by atoms with E-state index in [0.29, 0.717) is 27.7 Å². The molecule has 1 aromatic heterocycles. The van der Waals surface area contributed by atoms with Gasteiger partial charge >= 0.3 is 0 Å². The minimum atomic E-state index is 0.146. The fourth-order valence-corrected chi connectivity index (χ4v) is 4.73. The van der Waals surface area contributed by atoms with Crippen LogP contribution in [-0.4, -0.2) is 51.5 Å². The average Bonchev–Trinajstić information content (AvgIpc) is 3.22. The van der Waals surface area contributed by atoms with Crippen LogP contribution >= 0.6 is 23.4 Å². The number of piperidine rings is 1. The van der Waals surface area contributed by atoms with Crippen molar-refractivity contribution in [2.75, 3.05) is 26.0 Å². The third kappa shape index (κ3) is 5.05. The van der Waals surface area contributed by atoms with Gasteiger partial charge in [-0.05, 0) is 67.3 Å². The van der Waals surface area contributed by atoms with Gasteiger partial charge in [0.25, 0.3) is 0 Å². The van der Waals surface area contributed by atoms with Crippen LogP contribution in [0.15, 0.2) is 53.7 Å². The molecule has 1 fully saturated rings. The van der Waals surface area contributed by atoms with Gasteiger partial charge in [-0.3, -0.25) is 9.36 Å². The molecule has 1 aliphatic rings. The Morgan fingerprint density at radius 2 is 1.90 bits per heavy atom. The fraction of sp³-hybridized carbons (Fsp3) is 0.348. The molecule has 4 rings (SSSR count). The predicted molar refractivity (Wildman–Crippen MR) is 124 cm³/mol. The van der Waals surface area contributed by atoms with E-state index in [4.69, 9.17) is 16.3 Å². The van der Waals surface area contributed by atoms with E-state index < -0.39 is 0 Å². The number of carbonyl (C=O) groups excluding carboxylic acids is 1. The first kappa shape index (κ1) is 21.7. The number of rotatable bonds is 6. The summed E-state index contributed by atoms with van der Waals surface area (Å²) in [5.41, 5.74) is 1.80. The Morgan fingerprint density at radius 3 is 2.58 bits per heavy atom. The maximum absolute atomic E-state index is 12.8. The van der Waals surface area contributed by atoms with Gasteiger partial charge in [-0.1, -0.05) is 30.3 Å². The van der Waals surface area contributed by atoms with Crippen LogP contribution < -0.4 is 4.74 Å². The monoisotopic (exact) mass is 456 g/mol. The molecule has 8 heteroatoms. The van der Waals surface area contributed by atoms with Crippen molar-refractivity contribution in [3.05, 3.63) is 53.6 Å². The number of benzene rings is 2. The number of carbonyl (C=O) groups is 1. The van der Waals surface area contributed by atoms with Gasteiger partial charge in [0.05, 0.1) is 12.9 Å². The molecule has 1 amide bonds. The van der Waals surface area contributed by atoms with Crippen LogP contribution in [0.2, 0.25) is 5.02 Å². The summed E-state index contributed by atoms with van der Waals surface area (Å²) in [5.74, 6) is 2.51. The standard InChI is InChI=1S/C23H25ClN4O2S/c1-16-4-3-13-27(14-16)21(29)15-31-23-26-25-22(17-5-11-20(30-2)12-6-17)28(23)19-9-7-18(24)8-10-19/h5-12,16H,3-4,13-15H2,1-2H3. The number of aromatic nitrogens is 3. The highest BCUT2D eigenvalue weighted by molar-refractivity contribution is 7.99. The summed E-state index contributed by atoms with van der Waals surface area (Å²) >= 11 is 7.51. The second-order valence-electron chi connectivity index (χ2n) is 7.72. The van der Waals surface area contributed by atoms with Crippen molar-refractivity contribution in [1.82, 2.24) is 19.7 Å². The summed E-state index contributed by atoms with van der Waals surface area (Å²) < 4.78 is 7.23. The normalized spacial score (nSPS) is 16.4. The Labute approximate surface area is 191 Å². The smallest absolute Gasteiger partial charge is 0.233 e. The number of likely N-dealkylation sites (tertiary alicyclic amines) is 1. The van der Waals surface area contributed by atoms with E-state index in [1.54, 1.807) is 7.11 Å². The molecule has 3 aromatic rings. The van der Waals surface area contributed by atoms with E-state index in [1.807, 2.05) is 58.0 Å². The molecule has 0 saturated carbocycles. The van der Waals surface area contributed by atoms with Crippen LogP contribution in [0.1, 0.15) is 19.8 Å². The van der Waals surface area contributed by atoms with E-state index in [9.17, 15) is 4.79 Å². The van der Waals surface area contributed by atoms with Gasteiger partial charge in [0.15, 0.2) is 11.0 Å². The lowest BCUT2D eigenvalue weighted by atomic mass is 10.0. The maximum Gasteiger partial charge on any atom is 0.233 e. The molecular formula is C23H25ClN4O2S. The maximum atomic E-state index is 12.8. The lowest BCUT2D eigenvalue weighted by molar-refractivity contribution is -0.130. The van der Waals surface area contributed by atoms with E-state index in [2.05, 4.69) is 17.1 Å². The Kier molecular flexibility index (Phi) is 6.83. The lowest BCUT2D eigenvalue weighted by Crippen LogP contribution is -2.40. The quantitative estimate of drug-likeness (QED) is 0.491. The van der Waals surface area contributed by atoms with Crippen molar-refractivity contribution < 1.29 is 9.53 Å². The van der Waals surface area contributed by atoms with Crippen LogP contribution in [0.4, 0.5) is 0 Å². The van der Waals surface area contributed by atoms with Crippen molar-refractivity contribution >= 4 is 29.3 Å². The van der Waals surface area contributed by atoms with Crippen LogP contribution in [0, 0.1) is 5.92 Å². The number of thioether (sulfide) groups is 1. The summed E-state index contributed by atoms with van der Waals surface area (Å²) in [6, 6.07) is 15.2. The summed E-state index contributed by atoms with van der Waals surface area (Å²) in [6.07, 6.45) is 2.26. The zero-order valence-electron chi connectivity index (χ0n) is 17.6. The van der Waals surface area contributed by atoms with Gasteiger partial charge in [-0.2, -0.15) is 0 Å². The van der Waals surface area contributed by atoms with Crippen molar-refractivity contribution in [1.29, 1.82) is 0 Å². The molecule has 0 bridgehead atoms. The number of halogens is 1. The summed E-state index contributed by atoms with van der Waals surface area (Å²) in [6.45, 7) is 3.87. The number of ether oxygens (including phenoxy) is 1. The summed E-state index contributed by atoms with van der Waals surface area (Å²) in [5, 5.41) is 10.2. The van der Waals surface area contributed by atoms with Gasteiger partial charge in [0.2, 0.25) is 5.91 Å². The average molecular weight is 457 g/mol. The number of methoxy groups -OCH3 is 1. The molecule has 6 nitrogen and oxygen atoms in total. The molecule has 2 heterocycles. The summed E-state index contributed by atoms with van der Waals surface area (Å²) in [4.78, 5) is 14.7. The van der Waals surface area contributed by atoms with Gasteiger partial charge < -0.3 is 9.64 Å². The van der Waals surface area contributed by atoms with E-state index in [1.165, 1.54) is 18.2 Å². The first-order valence-corrected chi connectivity index (χ1v) is 11.7. The third-order valence-corrected chi connectivity index (χ3v) is 6.57. The minimum absolute atomic E-state index is 0.146. The molecule has 31 heavy (non-hydrogen) atoms. The largest absolute Gasteiger partial charge is 0.497 e. The molecule has 0 aliphatic carbocycles. The molecule has 1 aliphatic heterocycles. The Bertz CT molecular complexity index is 1040. The highest BCUT2D eigenvalue weighted by Gasteiger charge is 2.23. The minimum Gasteiger partial charge on any atom is -0.497 e. The zero-order chi connectivity index (χ0) is 21.8. The number of nitrogens with zero attached hydrogens (tertiary/aromatic N) is 4. The van der Waals surface area contributed by atoms with Gasteiger partial charge in [-0.25, -0.2) is 0 Å². The van der Waals surface area contributed by atoms with Crippen molar-refractivity contribution in [2.45, 2.75) is 24.9 Å². The highest BCUT2D eigenvalue weighted by Crippen LogP contribution is 2.30. The van der Waals surface area contributed by atoms with E-state index >= 15 is 0 Å². The third-order valence-electron chi connectivity index (χ3n) is 5.40. The Morgan fingerprint density at radius 1 is 1.16 bits per heavy atom. The lowest BCUT2D eigenvalue weighted by Gasteiger charge is -2.30. The second-order valence-corrected chi connectivity index (χ2v) is 9.10. The molecular weight excluding hydrogens is 432 g/mol. The van der Waals surface area contributed by atoms with Crippen LogP contribution in [0.25, 0.3) is 17.1 Å². The summed E-state index contributed by atoms with van der Waals surface area (Å²) in [7, 11) is 1.64. The number of hydrogen-bond acceptors (Lipinski definition) is 5. The second kappa shape index (κ2) is 9.75. The topological polar surface area (TPSA) is 60.3 Å². The molecule has 0 N–H and O–H groups in total. The van der Waals surface area contributed by atoms with Crippen molar-refractivity contribution in [3.8, 4) is 22.8 Å². The Balaban J connectivity index is 1.61. The van der Waals surface area contributed by atoms with Gasteiger partial charge in [0, 0.05) is 29.4 Å². The molecule has 0 spiro atoms. The van der Waals surface area contributed by atoms with Crippen LogP contribution in [-0.2, 0) is 4.79 Å². The van der Waals surface area contributed by atoms with Gasteiger partial charge in [0.1, 0.15) is 5.75 Å². The van der Waals surface area contributed by atoms with E-state index in [0.717, 1.165) is 36.5 Å². The highest BCUT2D eigenvalue weighted by atomic mass is 35.5. The van der Waals surface area contributed by atoms with Crippen LogP contribution in [0.5, 0.6) is 5.75 Å². The number of hydrogen-bond donors (Lipinski definition) is 0. The molecule has 1 unspecified atom stereocenters. The van der Waals surface area contributed by atoms with Gasteiger partial charge in [-0.15, -0.1) is 10.2 Å². The zero-order valence-corrected chi connectivity index (χ0v) is 19.2. The van der Waals surface area contributed by atoms with Crippen LogP contribution in [0.3, 0.4) is 0 Å². The molecule has 1 atom stereocenters. The molecule has 2 aromatic carbocycles. The van der Waals surface area contributed by atoms with E-state index in [-0.39, 0.29) is 5.91 Å². The van der Waals surface area contributed by atoms with Crippen molar-refractivity contribution in [3.63, 3.8) is 0 Å². The van der Waals surface area contributed by atoms with Crippen molar-refractivity contribution in [2.24, 2.45) is 5.92 Å². The molecule has 1 saturated heterocycles. The SMILES string of the molecule is COc1ccc(-c2nnc(SCC(=O)N3CCCC(C)C3)n2-c2ccc(Cl)cc2)cc1. The number of amides is 1.